The summed E-state index contributed by atoms with van der Waals surface area (Å²) in [5.41, 5.74) is 1.52. The number of rotatable bonds is 5. The summed E-state index contributed by atoms with van der Waals surface area (Å²) in [7, 11) is 0. The van der Waals surface area contributed by atoms with Crippen molar-refractivity contribution in [1.82, 2.24) is 0 Å². The molecule has 0 heteroatoms. The summed E-state index contributed by atoms with van der Waals surface area (Å²) in [6.45, 7) is 8.10. The summed E-state index contributed by atoms with van der Waals surface area (Å²) >= 11 is 0. The second-order valence-electron chi connectivity index (χ2n) is 2.52. The molecule has 0 heterocycles. The Labute approximate surface area is 64.6 Å². The molecule has 0 aliphatic carbocycles. The van der Waals surface area contributed by atoms with Gasteiger partial charge in [-0.1, -0.05) is 44.6 Å². The fraction of sp³-hybridized carbons (Fsp3) is 0.600. The molecule has 0 spiro atoms. The van der Waals surface area contributed by atoms with Crippen molar-refractivity contribution < 1.29 is 0 Å². The summed E-state index contributed by atoms with van der Waals surface area (Å²) in [6.07, 6.45) is 9.04. The van der Waals surface area contributed by atoms with Crippen LogP contribution in [-0.2, 0) is 0 Å². The van der Waals surface area contributed by atoms with Crippen LogP contribution in [0.1, 0.15) is 39.5 Å². The van der Waals surface area contributed by atoms with Crippen LogP contribution < -0.4 is 0 Å². The van der Waals surface area contributed by atoms with E-state index in [2.05, 4.69) is 26.5 Å². The summed E-state index contributed by atoms with van der Waals surface area (Å²) in [4.78, 5) is 0. The van der Waals surface area contributed by atoms with Gasteiger partial charge in [-0.25, -0.2) is 0 Å². The first-order chi connectivity index (χ1) is 4.85. The van der Waals surface area contributed by atoms with Crippen LogP contribution in [0.15, 0.2) is 24.3 Å². The van der Waals surface area contributed by atoms with Gasteiger partial charge in [0.15, 0.2) is 0 Å². The van der Waals surface area contributed by atoms with Crippen molar-refractivity contribution in [1.29, 1.82) is 0 Å². The molecule has 0 aromatic heterocycles. The van der Waals surface area contributed by atoms with E-state index in [1.807, 2.05) is 6.08 Å². The number of hydrogen-bond donors (Lipinski definition) is 0. The zero-order valence-electron chi connectivity index (χ0n) is 7.19. The second kappa shape index (κ2) is 6.60. The van der Waals surface area contributed by atoms with E-state index >= 15 is 0 Å². The Morgan fingerprint density at radius 2 is 2.10 bits per heavy atom. The van der Waals surface area contributed by atoms with Gasteiger partial charge in [0.05, 0.1) is 0 Å². The molecule has 0 amide bonds. The van der Waals surface area contributed by atoms with Crippen molar-refractivity contribution in [2.24, 2.45) is 0 Å². The van der Waals surface area contributed by atoms with Crippen LogP contribution in [0.2, 0.25) is 0 Å². The fourth-order valence-electron chi connectivity index (χ4n) is 0.948. The lowest BCUT2D eigenvalue weighted by atomic mass is 10.1. The minimum atomic E-state index is 1.17. The number of hydrogen-bond acceptors (Lipinski definition) is 0. The minimum absolute atomic E-state index is 1.17. The monoisotopic (exact) mass is 138 g/mol. The Kier molecular flexibility index (Phi) is 6.25. The van der Waals surface area contributed by atoms with Crippen molar-refractivity contribution in [2.45, 2.75) is 39.5 Å². The third-order valence-electron chi connectivity index (χ3n) is 1.66. The molecule has 0 N–H and O–H groups in total. The van der Waals surface area contributed by atoms with Crippen LogP contribution in [0.3, 0.4) is 0 Å². The van der Waals surface area contributed by atoms with Crippen molar-refractivity contribution in [3.05, 3.63) is 24.3 Å². The molecular weight excluding hydrogens is 120 g/mol. The SMILES string of the molecule is C=C/C=C(\CC)CCCC. The average molecular weight is 138 g/mol. The molecule has 0 aliphatic heterocycles. The van der Waals surface area contributed by atoms with Gasteiger partial charge in [0.2, 0.25) is 0 Å². The number of allylic oxidation sites excluding steroid dienone is 3. The molecule has 0 radical (unpaired) electrons. The van der Waals surface area contributed by atoms with E-state index in [1.54, 1.807) is 0 Å². The molecule has 0 nitrogen and oxygen atoms in total. The smallest absolute Gasteiger partial charge is 0.0317 e. The predicted octanol–water partition coefficient (Wildman–Crippen LogP) is 3.70. The highest BCUT2D eigenvalue weighted by Crippen LogP contribution is 2.10. The van der Waals surface area contributed by atoms with E-state index in [4.69, 9.17) is 0 Å². The highest BCUT2D eigenvalue weighted by Gasteiger charge is 1.90. The molecule has 0 saturated carbocycles. The van der Waals surface area contributed by atoms with Gasteiger partial charge in [-0.3, -0.25) is 0 Å². The topological polar surface area (TPSA) is 0 Å². The molecule has 0 rings (SSSR count). The first kappa shape index (κ1) is 9.48. The maximum absolute atomic E-state index is 3.68. The Morgan fingerprint density at radius 3 is 2.50 bits per heavy atom. The normalized spacial score (nSPS) is 11.6. The molecule has 0 aliphatic rings. The van der Waals surface area contributed by atoms with E-state index in [0.29, 0.717) is 0 Å². The third-order valence-corrected chi connectivity index (χ3v) is 1.66. The van der Waals surface area contributed by atoms with Gasteiger partial charge in [-0.15, -0.1) is 0 Å². The highest BCUT2D eigenvalue weighted by atomic mass is 14.0. The summed E-state index contributed by atoms with van der Waals surface area (Å²) < 4.78 is 0. The van der Waals surface area contributed by atoms with Crippen LogP contribution in [0.4, 0.5) is 0 Å². The van der Waals surface area contributed by atoms with Crippen molar-refractivity contribution in [2.75, 3.05) is 0 Å². The standard InChI is InChI=1S/C10H18/c1-4-7-9-10(6-3)8-5-2/h5,8H,2,4,6-7,9H2,1,3H3/b10-8+. The molecular formula is C10H18. The molecule has 0 atom stereocenters. The Morgan fingerprint density at radius 1 is 1.40 bits per heavy atom. The Bertz CT molecular complexity index is 109. The van der Waals surface area contributed by atoms with Crippen LogP contribution >= 0.6 is 0 Å². The minimum Gasteiger partial charge on any atom is -0.0991 e. The fourth-order valence-corrected chi connectivity index (χ4v) is 0.948. The lowest BCUT2D eigenvalue weighted by Gasteiger charge is -2.00. The summed E-state index contributed by atoms with van der Waals surface area (Å²) in [6, 6.07) is 0. The molecule has 0 unspecified atom stereocenters. The molecule has 0 bridgehead atoms. The van der Waals surface area contributed by atoms with Gasteiger partial charge in [-0.2, -0.15) is 0 Å². The molecule has 10 heavy (non-hydrogen) atoms. The molecule has 0 saturated heterocycles. The van der Waals surface area contributed by atoms with E-state index in [1.165, 1.54) is 31.3 Å². The molecule has 58 valence electrons. The maximum Gasteiger partial charge on any atom is -0.0317 e. The third kappa shape index (κ3) is 4.37. The Balaban J connectivity index is 3.59. The van der Waals surface area contributed by atoms with Crippen molar-refractivity contribution in [3.63, 3.8) is 0 Å². The van der Waals surface area contributed by atoms with Crippen molar-refractivity contribution >= 4 is 0 Å². The van der Waals surface area contributed by atoms with Gasteiger partial charge >= 0.3 is 0 Å². The zero-order valence-corrected chi connectivity index (χ0v) is 7.19. The molecule has 0 fully saturated rings. The molecule has 0 aromatic carbocycles. The van der Waals surface area contributed by atoms with Crippen LogP contribution in [-0.4, -0.2) is 0 Å². The van der Waals surface area contributed by atoms with Gasteiger partial charge < -0.3 is 0 Å². The van der Waals surface area contributed by atoms with E-state index < -0.39 is 0 Å². The van der Waals surface area contributed by atoms with Gasteiger partial charge in [0.1, 0.15) is 0 Å². The van der Waals surface area contributed by atoms with Gasteiger partial charge in [0.25, 0.3) is 0 Å². The lowest BCUT2D eigenvalue weighted by molar-refractivity contribution is 0.766. The predicted molar refractivity (Wildman–Crippen MR) is 48.1 cm³/mol. The average Bonchev–Trinajstić information content (AvgIpc) is 1.98. The first-order valence-electron chi connectivity index (χ1n) is 4.15. The Hall–Kier alpha value is -0.520. The maximum atomic E-state index is 3.68. The summed E-state index contributed by atoms with van der Waals surface area (Å²) in [5.74, 6) is 0. The summed E-state index contributed by atoms with van der Waals surface area (Å²) in [5, 5.41) is 0. The lowest BCUT2D eigenvalue weighted by Crippen LogP contribution is -1.80. The second-order valence-corrected chi connectivity index (χ2v) is 2.52. The van der Waals surface area contributed by atoms with E-state index in [9.17, 15) is 0 Å². The van der Waals surface area contributed by atoms with Crippen LogP contribution in [0, 0.1) is 0 Å². The van der Waals surface area contributed by atoms with Crippen molar-refractivity contribution in [3.8, 4) is 0 Å². The number of unbranched alkanes of at least 4 members (excludes halogenated alkanes) is 1. The highest BCUT2D eigenvalue weighted by molar-refractivity contribution is 5.09. The van der Waals surface area contributed by atoms with Crippen LogP contribution in [0.25, 0.3) is 0 Å². The first-order valence-corrected chi connectivity index (χ1v) is 4.15. The van der Waals surface area contributed by atoms with E-state index in [0.717, 1.165) is 0 Å². The van der Waals surface area contributed by atoms with Crippen LogP contribution in [0.5, 0.6) is 0 Å². The van der Waals surface area contributed by atoms with Gasteiger partial charge in [0, 0.05) is 0 Å². The largest absolute Gasteiger partial charge is 0.0991 e. The quantitative estimate of drug-likeness (QED) is 0.508. The zero-order chi connectivity index (χ0) is 7.82. The van der Waals surface area contributed by atoms with Gasteiger partial charge in [-0.05, 0) is 19.3 Å². The van der Waals surface area contributed by atoms with E-state index in [-0.39, 0.29) is 0 Å². The molecule has 0 aromatic rings.